The number of benzene rings is 1. The van der Waals surface area contributed by atoms with Crippen LogP contribution in [0.5, 0.6) is 5.75 Å². The highest BCUT2D eigenvalue weighted by Crippen LogP contribution is 2.18. The van der Waals surface area contributed by atoms with Crippen molar-refractivity contribution in [3.8, 4) is 5.75 Å². The number of aromatic nitrogens is 2. The van der Waals surface area contributed by atoms with E-state index >= 15 is 0 Å². The molecule has 7 heteroatoms. The van der Waals surface area contributed by atoms with Gasteiger partial charge in [-0.15, -0.1) is 0 Å². The topological polar surface area (TPSA) is 47.4 Å². The van der Waals surface area contributed by atoms with Gasteiger partial charge in [0.15, 0.2) is 6.73 Å². The van der Waals surface area contributed by atoms with Crippen molar-refractivity contribution in [1.82, 2.24) is 14.7 Å². The minimum Gasteiger partial charge on any atom is -0.471 e. The molecule has 0 aliphatic carbocycles. The average molecular weight is 338 g/mol. The SMILES string of the molecule is O=C(c1cccc(OCn2cc(Cl)cn2)c1)N1CCSCC1. The molecule has 1 aliphatic rings. The first-order valence-corrected chi connectivity index (χ1v) is 8.53. The Labute approximate surface area is 138 Å². The fourth-order valence-corrected chi connectivity index (χ4v) is 3.28. The molecule has 0 spiro atoms. The molecule has 0 N–H and O–H groups in total. The third kappa shape index (κ3) is 3.75. The molecule has 1 amide bonds. The van der Waals surface area contributed by atoms with Crippen molar-refractivity contribution in [3.63, 3.8) is 0 Å². The van der Waals surface area contributed by atoms with E-state index in [0.29, 0.717) is 16.3 Å². The van der Waals surface area contributed by atoms with Crippen LogP contribution in [0.4, 0.5) is 0 Å². The molecule has 1 aromatic heterocycles. The van der Waals surface area contributed by atoms with Gasteiger partial charge in [0.05, 0.1) is 11.2 Å². The van der Waals surface area contributed by atoms with Crippen molar-refractivity contribution in [2.45, 2.75) is 6.73 Å². The molecular formula is C15H16ClN3O2S. The number of halogens is 1. The second-order valence-electron chi connectivity index (χ2n) is 4.90. The standard InChI is InChI=1S/C15H16ClN3O2S/c16-13-9-17-19(10-13)11-21-14-3-1-2-12(8-14)15(20)18-4-6-22-7-5-18/h1-3,8-10H,4-7,11H2. The van der Waals surface area contributed by atoms with Crippen LogP contribution in [0.15, 0.2) is 36.7 Å². The highest BCUT2D eigenvalue weighted by atomic mass is 35.5. The van der Waals surface area contributed by atoms with E-state index in [9.17, 15) is 4.79 Å². The van der Waals surface area contributed by atoms with Crippen molar-refractivity contribution in [3.05, 3.63) is 47.2 Å². The first-order valence-electron chi connectivity index (χ1n) is 7.00. The predicted octanol–water partition coefficient (Wildman–Crippen LogP) is 2.76. The number of nitrogens with zero attached hydrogens (tertiary/aromatic N) is 3. The minimum absolute atomic E-state index is 0.0629. The fourth-order valence-electron chi connectivity index (χ4n) is 2.22. The maximum Gasteiger partial charge on any atom is 0.254 e. The molecule has 2 heterocycles. The summed E-state index contributed by atoms with van der Waals surface area (Å²) in [4.78, 5) is 14.3. The summed E-state index contributed by atoms with van der Waals surface area (Å²) in [5, 5.41) is 4.61. The number of carbonyl (C=O) groups excluding carboxylic acids is 1. The smallest absolute Gasteiger partial charge is 0.254 e. The molecule has 5 nitrogen and oxygen atoms in total. The third-order valence-corrected chi connectivity index (χ3v) is 4.48. The van der Waals surface area contributed by atoms with Gasteiger partial charge in [-0.05, 0) is 18.2 Å². The van der Waals surface area contributed by atoms with Crippen LogP contribution in [-0.4, -0.2) is 45.2 Å². The largest absolute Gasteiger partial charge is 0.471 e. The van der Waals surface area contributed by atoms with E-state index in [-0.39, 0.29) is 12.6 Å². The van der Waals surface area contributed by atoms with E-state index in [4.69, 9.17) is 16.3 Å². The van der Waals surface area contributed by atoms with E-state index < -0.39 is 0 Å². The molecule has 0 radical (unpaired) electrons. The van der Waals surface area contributed by atoms with Gasteiger partial charge in [0, 0.05) is 36.4 Å². The molecule has 0 saturated carbocycles. The van der Waals surface area contributed by atoms with Crippen LogP contribution in [0.3, 0.4) is 0 Å². The van der Waals surface area contributed by atoms with E-state index in [1.54, 1.807) is 23.1 Å². The van der Waals surface area contributed by atoms with Crippen LogP contribution in [0.2, 0.25) is 5.02 Å². The average Bonchev–Trinajstić information content (AvgIpc) is 2.99. The summed E-state index contributed by atoms with van der Waals surface area (Å²) in [7, 11) is 0. The molecule has 1 saturated heterocycles. The molecule has 22 heavy (non-hydrogen) atoms. The Kier molecular flexibility index (Phi) is 4.90. The fraction of sp³-hybridized carbons (Fsp3) is 0.333. The number of carbonyl (C=O) groups is 1. The van der Waals surface area contributed by atoms with Crippen molar-refractivity contribution in [2.24, 2.45) is 0 Å². The van der Waals surface area contributed by atoms with Gasteiger partial charge in [0.25, 0.3) is 5.91 Å². The van der Waals surface area contributed by atoms with Crippen molar-refractivity contribution in [2.75, 3.05) is 24.6 Å². The van der Waals surface area contributed by atoms with Crippen molar-refractivity contribution in [1.29, 1.82) is 0 Å². The first kappa shape index (κ1) is 15.2. The summed E-state index contributed by atoms with van der Waals surface area (Å²) in [5.41, 5.74) is 0.655. The second kappa shape index (κ2) is 7.07. The molecule has 3 rings (SSSR count). The zero-order chi connectivity index (χ0) is 15.4. The molecule has 0 bridgehead atoms. The maximum atomic E-state index is 12.5. The molecule has 1 fully saturated rings. The van der Waals surface area contributed by atoms with Crippen LogP contribution < -0.4 is 4.74 Å². The number of thioether (sulfide) groups is 1. The summed E-state index contributed by atoms with van der Waals surface area (Å²) in [6.07, 6.45) is 3.24. The molecular weight excluding hydrogens is 322 g/mol. The van der Waals surface area contributed by atoms with Crippen molar-refractivity contribution >= 4 is 29.3 Å². The van der Waals surface area contributed by atoms with Crippen LogP contribution in [-0.2, 0) is 6.73 Å². The highest BCUT2D eigenvalue weighted by molar-refractivity contribution is 7.99. The normalized spacial score (nSPS) is 14.9. The van der Waals surface area contributed by atoms with Crippen LogP contribution in [0.1, 0.15) is 10.4 Å². The summed E-state index contributed by atoms with van der Waals surface area (Å²) < 4.78 is 7.25. The highest BCUT2D eigenvalue weighted by Gasteiger charge is 2.18. The quantitative estimate of drug-likeness (QED) is 0.860. The lowest BCUT2D eigenvalue weighted by Crippen LogP contribution is -2.37. The van der Waals surface area contributed by atoms with E-state index in [2.05, 4.69) is 5.10 Å². The summed E-state index contributed by atoms with van der Waals surface area (Å²) in [6, 6.07) is 7.25. The Bertz CT molecular complexity index is 656. The Morgan fingerprint density at radius 2 is 2.18 bits per heavy atom. The third-order valence-electron chi connectivity index (χ3n) is 3.34. The van der Waals surface area contributed by atoms with Crippen molar-refractivity contribution < 1.29 is 9.53 Å². The zero-order valence-electron chi connectivity index (χ0n) is 11.9. The van der Waals surface area contributed by atoms with Crippen LogP contribution in [0, 0.1) is 0 Å². The Morgan fingerprint density at radius 1 is 1.36 bits per heavy atom. The summed E-state index contributed by atoms with van der Waals surface area (Å²) in [5.74, 6) is 2.71. The number of hydrogen-bond donors (Lipinski definition) is 0. The van der Waals surface area contributed by atoms with Crippen LogP contribution in [0.25, 0.3) is 0 Å². The number of amides is 1. The molecule has 0 unspecified atom stereocenters. The predicted molar refractivity (Wildman–Crippen MR) is 87.5 cm³/mol. The van der Waals surface area contributed by atoms with Crippen LogP contribution >= 0.6 is 23.4 Å². The summed E-state index contributed by atoms with van der Waals surface area (Å²) in [6.45, 7) is 1.87. The number of hydrogen-bond acceptors (Lipinski definition) is 4. The van der Waals surface area contributed by atoms with Gasteiger partial charge < -0.3 is 9.64 Å². The maximum absolute atomic E-state index is 12.5. The lowest BCUT2D eigenvalue weighted by molar-refractivity contribution is 0.0771. The molecule has 0 atom stereocenters. The number of rotatable bonds is 4. The van der Waals surface area contributed by atoms with Gasteiger partial charge in [0.2, 0.25) is 0 Å². The van der Waals surface area contributed by atoms with Gasteiger partial charge in [0.1, 0.15) is 5.75 Å². The molecule has 116 valence electrons. The number of ether oxygens (including phenoxy) is 1. The van der Waals surface area contributed by atoms with Gasteiger partial charge in [-0.1, -0.05) is 17.7 Å². The minimum atomic E-state index is 0.0629. The Balaban J connectivity index is 1.65. The lowest BCUT2D eigenvalue weighted by atomic mass is 10.2. The zero-order valence-corrected chi connectivity index (χ0v) is 13.5. The van der Waals surface area contributed by atoms with Gasteiger partial charge in [-0.3, -0.25) is 4.79 Å². The van der Waals surface area contributed by atoms with E-state index in [1.807, 2.05) is 34.9 Å². The Morgan fingerprint density at radius 3 is 2.91 bits per heavy atom. The second-order valence-corrected chi connectivity index (χ2v) is 6.57. The lowest BCUT2D eigenvalue weighted by Gasteiger charge is -2.26. The molecule has 1 aliphatic heterocycles. The van der Waals surface area contributed by atoms with Gasteiger partial charge in [-0.2, -0.15) is 16.9 Å². The summed E-state index contributed by atoms with van der Waals surface area (Å²) >= 11 is 7.69. The first-order chi connectivity index (χ1) is 10.7. The molecule has 1 aromatic carbocycles. The van der Waals surface area contributed by atoms with Gasteiger partial charge >= 0.3 is 0 Å². The van der Waals surface area contributed by atoms with E-state index in [1.165, 1.54) is 0 Å². The molecule has 2 aromatic rings. The van der Waals surface area contributed by atoms with Gasteiger partial charge in [-0.25, -0.2) is 4.68 Å². The van der Waals surface area contributed by atoms with E-state index in [0.717, 1.165) is 24.6 Å². The Hall–Kier alpha value is -1.66. The monoisotopic (exact) mass is 337 g/mol.